The van der Waals surface area contributed by atoms with Gasteiger partial charge in [-0.05, 0) is 36.4 Å². The molecule has 0 spiro atoms. The number of nitrogens with zero attached hydrogens (tertiary/aromatic N) is 3. The highest BCUT2D eigenvalue weighted by Crippen LogP contribution is 2.17. The Hall–Kier alpha value is -0.880. The van der Waals surface area contributed by atoms with E-state index in [4.69, 9.17) is 10.5 Å². The van der Waals surface area contributed by atoms with Crippen LogP contribution in [0.1, 0.15) is 6.42 Å². The third-order valence-electron chi connectivity index (χ3n) is 1.72. The lowest BCUT2D eigenvalue weighted by Crippen LogP contribution is -2.16. The van der Waals surface area contributed by atoms with Crippen molar-refractivity contribution in [1.82, 2.24) is 14.9 Å². The minimum atomic E-state index is 0.314. The van der Waals surface area contributed by atoms with Gasteiger partial charge in [0.25, 0.3) is 5.88 Å². The van der Waals surface area contributed by atoms with Crippen molar-refractivity contribution in [3.05, 3.63) is 10.8 Å². The lowest BCUT2D eigenvalue weighted by Gasteiger charge is -2.10. The van der Waals surface area contributed by atoms with Gasteiger partial charge in [-0.3, -0.25) is 0 Å². The maximum absolute atomic E-state index is 5.62. The summed E-state index contributed by atoms with van der Waals surface area (Å²) in [6.45, 7) is 1.57. The molecule has 84 valence electrons. The van der Waals surface area contributed by atoms with Crippen molar-refractivity contribution in [3.8, 4) is 5.88 Å². The number of halogens is 1. The average Bonchev–Trinajstić information content (AvgIpc) is 2.14. The molecule has 1 aromatic rings. The smallest absolute Gasteiger partial charge is 0.257 e. The SMILES string of the molecule is CN(C)CCCOc1ncc(Br)nc1N. The Bertz CT molecular complexity index is 319. The molecule has 0 amide bonds. The molecule has 0 saturated carbocycles. The number of nitrogen functional groups attached to an aromatic ring is 1. The largest absolute Gasteiger partial charge is 0.475 e. The first-order valence-corrected chi connectivity index (χ1v) is 5.44. The molecule has 2 N–H and O–H groups in total. The molecule has 0 bridgehead atoms. The van der Waals surface area contributed by atoms with Crippen molar-refractivity contribution < 1.29 is 4.74 Å². The van der Waals surface area contributed by atoms with Crippen molar-refractivity contribution in [1.29, 1.82) is 0 Å². The highest BCUT2D eigenvalue weighted by atomic mass is 79.9. The van der Waals surface area contributed by atoms with Gasteiger partial charge in [-0.2, -0.15) is 0 Å². The van der Waals surface area contributed by atoms with E-state index in [9.17, 15) is 0 Å². The summed E-state index contributed by atoms with van der Waals surface area (Å²) in [5, 5.41) is 0. The molecule has 0 unspecified atom stereocenters. The van der Waals surface area contributed by atoms with E-state index in [0.717, 1.165) is 13.0 Å². The molecular formula is C9H15BrN4O. The standard InChI is InChI=1S/C9H15BrN4O/c1-14(2)4-3-5-15-9-8(11)13-7(10)6-12-9/h6H,3-5H2,1-2H3,(H2,11,13). The van der Waals surface area contributed by atoms with E-state index in [1.807, 2.05) is 14.1 Å². The second-order valence-corrected chi connectivity index (χ2v) is 4.20. The second kappa shape index (κ2) is 5.87. The van der Waals surface area contributed by atoms with Crippen LogP contribution in [0.2, 0.25) is 0 Å². The first-order chi connectivity index (χ1) is 7.09. The summed E-state index contributed by atoms with van der Waals surface area (Å²) in [4.78, 5) is 10.1. The Morgan fingerprint density at radius 2 is 2.27 bits per heavy atom. The number of aromatic nitrogens is 2. The van der Waals surface area contributed by atoms with E-state index >= 15 is 0 Å². The van der Waals surface area contributed by atoms with Gasteiger partial charge in [-0.15, -0.1) is 0 Å². The van der Waals surface area contributed by atoms with E-state index < -0.39 is 0 Å². The van der Waals surface area contributed by atoms with Crippen LogP contribution in [0.5, 0.6) is 5.88 Å². The number of anilines is 1. The highest BCUT2D eigenvalue weighted by molar-refractivity contribution is 9.10. The summed E-state index contributed by atoms with van der Waals surface area (Å²) in [7, 11) is 4.04. The second-order valence-electron chi connectivity index (χ2n) is 3.39. The summed E-state index contributed by atoms with van der Waals surface area (Å²) in [5.74, 6) is 0.714. The van der Waals surface area contributed by atoms with Gasteiger partial charge in [0.1, 0.15) is 4.60 Å². The van der Waals surface area contributed by atoms with Gasteiger partial charge in [-0.1, -0.05) is 0 Å². The van der Waals surface area contributed by atoms with E-state index in [2.05, 4.69) is 30.8 Å². The molecular weight excluding hydrogens is 260 g/mol. The molecule has 6 heteroatoms. The van der Waals surface area contributed by atoms with Gasteiger partial charge in [0.2, 0.25) is 0 Å². The molecule has 0 radical (unpaired) electrons. The molecule has 15 heavy (non-hydrogen) atoms. The number of ether oxygens (including phenoxy) is 1. The van der Waals surface area contributed by atoms with Gasteiger partial charge in [0.05, 0.1) is 12.8 Å². The monoisotopic (exact) mass is 274 g/mol. The maximum atomic E-state index is 5.62. The van der Waals surface area contributed by atoms with E-state index in [1.165, 1.54) is 0 Å². The zero-order valence-corrected chi connectivity index (χ0v) is 10.5. The molecule has 1 aromatic heterocycles. The summed E-state index contributed by atoms with van der Waals surface area (Å²) >= 11 is 3.18. The fraction of sp³-hybridized carbons (Fsp3) is 0.556. The van der Waals surface area contributed by atoms with Gasteiger partial charge < -0.3 is 15.4 Å². The quantitative estimate of drug-likeness (QED) is 0.817. The molecule has 0 aromatic carbocycles. The van der Waals surface area contributed by atoms with Crippen LogP contribution in [0.25, 0.3) is 0 Å². The Balaban J connectivity index is 2.37. The van der Waals surface area contributed by atoms with Crippen molar-refractivity contribution in [3.63, 3.8) is 0 Å². The molecule has 1 rings (SSSR count). The third-order valence-corrected chi connectivity index (χ3v) is 2.11. The highest BCUT2D eigenvalue weighted by Gasteiger charge is 2.03. The van der Waals surface area contributed by atoms with Gasteiger partial charge in [0.15, 0.2) is 5.82 Å². The first kappa shape index (κ1) is 12.2. The first-order valence-electron chi connectivity index (χ1n) is 4.65. The molecule has 5 nitrogen and oxygen atoms in total. The Morgan fingerprint density at radius 1 is 1.53 bits per heavy atom. The molecule has 0 atom stereocenters. The summed E-state index contributed by atoms with van der Waals surface area (Å²) in [6.07, 6.45) is 2.50. The fourth-order valence-electron chi connectivity index (χ4n) is 1.03. The lowest BCUT2D eigenvalue weighted by molar-refractivity contribution is 0.273. The molecule has 0 saturated heterocycles. The lowest BCUT2D eigenvalue weighted by atomic mass is 10.4. The summed E-state index contributed by atoms with van der Waals surface area (Å²) < 4.78 is 6.01. The number of hydrogen-bond donors (Lipinski definition) is 1. The molecule has 1 heterocycles. The fourth-order valence-corrected chi connectivity index (χ4v) is 1.32. The van der Waals surface area contributed by atoms with Crippen LogP contribution in [0.15, 0.2) is 10.8 Å². The number of hydrogen-bond acceptors (Lipinski definition) is 5. The zero-order chi connectivity index (χ0) is 11.3. The van der Waals surface area contributed by atoms with Crippen LogP contribution in [-0.2, 0) is 0 Å². The van der Waals surface area contributed by atoms with E-state index in [1.54, 1.807) is 6.20 Å². The third kappa shape index (κ3) is 4.44. The zero-order valence-electron chi connectivity index (χ0n) is 8.90. The minimum absolute atomic E-state index is 0.314. The van der Waals surface area contributed by atoms with Crippen LogP contribution >= 0.6 is 15.9 Å². The summed E-state index contributed by atoms with van der Waals surface area (Å²) in [6, 6.07) is 0. The predicted molar refractivity (Wildman–Crippen MR) is 62.8 cm³/mol. The molecule has 0 aliphatic rings. The van der Waals surface area contributed by atoms with E-state index in [0.29, 0.717) is 22.9 Å². The topological polar surface area (TPSA) is 64.3 Å². The Morgan fingerprint density at radius 3 is 2.87 bits per heavy atom. The summed E-state index contributed by atoms with van der Waals surface area (Å²) in [5.41, 5.74) is 5.62. The number of nitrogens with two attached hydrogens (primary N) is 1. The average molecular weight is 275 g/mol. The van der Waals surface area contributed by atoms with Crippen LogP contribution < -0.4 is 10.5 Å². The van der Waals surface area contributed by atoms with Crippen molar-refractivity contribution in [2.45, 2.75) is 6.42 Å². The minimum Gasteiger partial charge on any atom is -0.475 e. The van der Waals surface area contributed by atoms with Crippen LogP contribution in [0, 0.1) is 0 Å². The van der Waals surface area contributed by atoms with E-state index in [-0.39, 0.29) is 0 Å². The van der Waals surface area contributed by atoms with Crippen LogP contribution in [0.4, 0.5) is 5.82 Å². The molecule has 0 aliphatic heterocycles. The van der Waals surface area contributed by atoms with Crippen molar-refractivity contribution in [2.75, 3.05) is 33.0 Å². The molecule has 0 aliphatic carbocycles. The van der Waals surface area contributed by atoms with Crippen LogP contribution in [-0.4, -0.2) is 42.1 Å². The Labute approximate surface area is 97.8 Å². The van der Waals surface area contributed by atoms with Gasteiger partial charge in [0, 0.05) is 6.54 Å². The van der Waals surface area contributed by atoms with Crippen molar-refractivity contribution >= 4 is 21.7 Å². The number of rotatable bonds is 5. The Kier molecular flexibility index (Phi) is 4.77. The van der Waals surface area contributed by atoms with Gasteiger partial charge >= 0.3 is 0 Å². The predicted octanol–water partition coefficient (Wildman–Crippen LogP) is 1.15. The van der Waals surface area contributed by atoms with Crippen molar-refractivity contribution in [2.24, 2.45) is 0 Å². The van der Waals surface area contributed by atoms with Crippen LogP contribution in [0.3, 0.4) is 0 Å². The normalized spacial score (nSPS) is 10.7. The van der Waals surface area contributed by atoms with Gasteiger partial charge in [-0.25, -0.2) is 9.97 Å². The molecule has 0 fully saturated rings. The maximum Gasteiger partial charge on any atom is 0.257 e.